The van der Waals surface area contributed by atoms with Gasteiger partial charge in [-0.2, -0.15) is 0 Å². The standard InChI is InChI=1S/C14H16N2O/c1-9-7-12(15)14(16-8-9)17-13-6-4-5-10(2)11(13)3/h4-8H,15H2,1-3H3. The van der Waals surface area contributed by atoms with Crippen molar-refractivity contribution in [1.29, 1.82) is 0 Å². The predicted molar refractivity (Wildman–Crippen MR) is 69.4 cm³/mol. The first kappa shape index (κ1) is 11.5. The Labute approximate surface area is 101 Å². The normalized spacial score (nSPS) is 10.3. The van der Waals surface area contributed by atoms with Crippen LogP contribution in [0.2, 0.25) is 0 Å². The average Bonchev–Trinajstić information content (AvgIpc) is 2.28. The van der Waals surface area contributed by atoms with Gasteiger partial charge in [0.05, 0.1) is 5.69 Å². The quantitative estimate of drug-likeness (QED) is 0.857. The minimum atomic E-state index is 0.462. The van der Waals surface area contributed by atoms with Gasteiger partial charge in [-0.1, -0.05) is 12.1 Å². The number of aromatic nitrogens is 1. The van der Waals surface area contributed by atoms with Crippen LogP contribution in [0.1, 0.15) is 16.7 Å². The van der Waals surface area contributed by atoms with E-state index in [0.29, 0.717) is 11.6 Å². The molecule has 0 radical (unpaired) electrons. The molecule has 2 rings (SSSR count). The Morgan fingerprint density at radius 2 is 1.94 bits per heavy atom. The minimum Gasteiger partial charge on any atom is -0.437 e. The molecular formula is C14H16N2O. The van der Waals surface area contributed by atoms with Crippen LogP contribution in [0.25, 0.3) is 0 Å². The summed E-state index contributed by atoms with van der Waals surface area (Å²) in [5.41, 5.74) is 9.75. The van der Waals surface area contributed by atoms with Crippen molar-refractivity contribution in [2.24, 2.45) is 0 Å². The van der Waals surface area contributed by atoms with E-state index in [2.05, 4.69) is 4.98 Å². The second-order valence-corrected chi connectivity index (χ2v) is 4.21. The molecule has 0 amide bonds. The maximum Gasteiger partial charge on any atom is 0.242 e. The van der Waals surface area contributed by atoms with Crippen LogP contribution in [-0.2, 0) is 0 Å². The van der Waals surface area contributed by atoms with Crippen LogP contribution in [0.15, 0.2) is 30.5 Å². The zero-order chi connectivity index (χ0) is 12.4. The fourth-order valence-electron chi connectivity index (χ4n) is 1.60. The number of benzene rings is 1. The van der Waals surface area contributed by atoms with Crippen molar-refractivity contribution < 1.29 is 4.74 Å². The Bertz CT molecular complexity index is 550. The topological polar surface area (TPSA) is 48.1 Å². The number of aryl methyl sites for hydroxylation is 2. The largest absolute Gasteiger partial charge is 0.437 e. The SMILES string of the molecule is Cc1cnc(Oc2cccc(C)c2C)c(N)c1. The number of ether oxygens (including phenoxy) is 1. The van der Waals surface area contributed by atoms with Crippen LogP contribution in [0.5, 0.6) is 11.6 Å². The van der Waals surface area contributed by atoms with Crippen molar-refractivity contribution in [1.82, 2.24) is 4.98 Å². The number of hydrogen-bond donors (Lipinski definition) is 1. The van der Waals surface area contributed by atoms with E-state index < -0.39 is 0 Å². The zero-order valence-electron chi connectivity index (χ0n) is 10.3. The van der Waals surface area contributed by atoms with Crippen LogP contribution in [0.4, 0.5) is 5.69 Å². The van der Waals surface area contributed by atoms with Gasteiger partial charge in [0, 0.05) is 6.20 Å². The molecule has 0 unspecified atom stereocenters. The lowest BCUT2D eigenvalue weighted by Crippen LogP contribution is -1.97. The van der Waals surface area contributed by atoms with Gasteiger partial charge >= 0.3 is 0 Å². The molecule has 0 saturated carbocycles. The molecular weight excluding hydrogens is 212 g/mol. The molecule has 88 valence electrons. The third-order valence-corrected chi connectivity index (χ3v) is 2.78. The van der Waals surface area contributed by atoms with E-state index in [4.69, 9.17) is 10.5 Å². The lowest BCUT2D eigenvalue weighted by molar-refractivity contribution is 0.461. The molecule has 0 bridgehead atoms. The highest BCUT2D eigenvalue weighted by Crippen LogP contribution is 2.29. The van der Waals surface area contributed by atoms with E-state index in [1.807, 2.05) is 45.0 Å². The summed E-state index contributed by atoms with van der Waals surface area (Å²) in [5.74, 6) is 1.26. The lowest BCUT2D eigenvalue weighted by Gasteiger charge is -2.11. The summed E-state index contributed by atoms with van der Waals surface area (Å²) in [5, 5.41) is 0. The highest BCUT2D eigenvalue weighted by Gasteiger charge is 2.07. The number of rotatable bonds is 2. The van der Waals surface area contributed by atoms with Gasteiger partial charge in [-0.25, -0.2) is 4.98 Å². The summed E-state index contributed by atoms with van der Waals surface area (Å²) in [7, 11) is 0. The van der Waals surface area contributed by atoms with Gasteiger partial charge in [-0.05, 0) is 49.6 Å². The van der Waals surface area contributed by atoms with Gasteiger partial charge < -0.3 is 10.5 Å². The number of hydrogen-bond acceptors (Lipinski definition) is 3. The first-order valence-electron chi connectivity index (χ1n) is 5.54. The summed E-state index contributed by atoms with van der Waals surface area (Å²) < 4.78 is 5.74. The third-order valence-electron chi connectivity index (χ3n) is 2.78. The first-order chi connectivity index (χ1) is 8.08. The Morgan fingerprint density at radius 1 is 1.18 bits per heavy atom. The maximum absolute atomic E-state index is 5.87. The van der Waals surface area contributed by atoms with E-state index in [9.17, 15) is 0 Å². The Morgan fingerprint density at radius 3 is 2.65 bits per heavy atom. The van der Waals surface area contributed by atoms with Crippen LogP contribution in [-0.4, -0.2) is 4.98 Å². The maximum atomic E-state index is 5.87. The monoisotopic (exact) mass is 228 g/mol. The van der Waals surface area contributed by atoms with Crippen LogP contribution < -0.4 is 10.5 Å². The second kappa shape index (κ2) is 4.45. The molecule has 0 aliphatic rings. The third kappa shape index (κ3) is 2.38. The van der Waals surface area contributed by atoms with Crippen molar-refractivity contribution in [3.8, 4) is 11.6 Å². The molecule has 2 N–H and O–H groups in total. The van der Waals surface area contributed by atoms with E-state index in [-0.39, 0.29) is 0 Å². The number of anilines is 1. The van der Waals surface area contributed by atoms with Gasteiger partial charge in [0.2, 0.25) is 5.88 Å². The summed E-state index contributed by atoms with van der Waals surface area (Å²) >= 11 is 0. The lowest BCUT2D eigenvalue weighted by atomic mass is 10.1. The summed E-state index contributed by atoms with van der Waals surface area (Å²) in [6.07, 6.45) is 1.75. The molecule has 1 aromatic carbocycles. The summed E-state index contributed by atoms with van der Waals surface area (Å²) in [6, 6.07) is 7.78. The van der Waals surface area contributed by atoms with Crippen LogP contribution >= 0.6 is 0 Å². The molecule has 2 aromatic rings. The van der Waals surface area contributed by atoms with Gasteiger partial charge in [0.15, 0.2) is 0 Å². The highest BCUT2D eigenvalue weighted by atomic mass is 16.5. The van der Waals surface area contributed by atoms with Gasteiger partial charge in [-0.3, -0.25) is 0 Å². The molecule has 3 nitrogen and oxygen atoms in total. The minimum absolute atomic E-state index is 0.462. The van der Waals surface area contributed by atoms with E-state index in [0.717, 1.165) is 16.9 Å². The average molecular weight is 228 g/mol. The van der Waals surface area contributed by atoms with Crippen LogP contribution in [0.3, 0.4) is 0 Å². The predicted octanol–water partition coefficient (Wildman–Crippen LogP) is 3.38. The second-order valence-electron chi connectivity index (χ2n) is 4.21. The fraction of sp³-hybridized carbons (Fsp3) is 0.214. The van der Waals surface area contributed by atoms with Gasteiger partial charge in [-0.15, -0.1) is 0 Å². The van der Waals surface area contributed by atoms with Crippen molar-refractivity contribution in [2.45, 2.75) is 20.8 Å². The molecule has 0 aliphatic heterocycles. The Balaban J connectivity index is 2.35. The molecule has 0 atom stereocenters. The van der Waals surface area contributed by atoms with E-state index in [1.165, 1.54) is 5.56 Å². The van der Waals surface area contributed by atoms with Crippen molar-refractivity contribution in [3.63, 3.8) is 0 Å². The Kier molecular flexibility index (Phi) is 3.00. The molecule has 0 fully saturated rings. The zero-order valence-corrected chi connectivity index (χ0v) is 10.3. The highest BCUT2D eigenvalue weighted by molar-refractivity contribution is 5.52. The summed E-state index contributed by atoms with van der Waals surface area (Å²) in [6.45, 7) is 6.02. The fourth-order valence-corrected chi connectivity index (χ4v) is 1.60. The smallest absolute Gasteiger partial charge is 0.242 e. The molecule has 1 aromatic heterocycles. The van der Waals surface area contributed by atoms with E-state index >= 15 is 0 Å². The Hall–Kier alpha value is -2.03. The van der Waals surface area contributed by atoms with Gasteiger partial charge in [0.1, 0.15) is 5.75 Å². The van der Waals surface area contributed by atoms with Crippen molar-refractivity contribution in [2.75, 3.05) is 5.73 Å². The van der Waals surface area contributed by atoms with Crippen molar-refractivity contribution >= 4 is 5.69 Å². The van der Waals surface area contributed by atoms with Crippen LogP contribution in [0, 0.1) is 20.8 Å². The molecule has 1 heterocycles. The van der Waals surface area contributed by atoms with E-state index in [1.54, 1.807) is 6.20 Å². The number of nitrogens with two attached hydrogens (primary N) is 1. The van der Waals surface area contributed by atoms with Crippen molar-refractivity contribution in [3.05, 3.63) is 47.2 Å². The molecule has 0 spiro atoms. The number of nitrogens with zero attached hydrogens (tertiary/aromatic N) is 1. The van der Waals surface area contributed by atoms with Gasteiger partial charge in [0.25, 0.3) is 0 Å². The molecule has 0 saturated heterocycles. The molecule has 0 aliphatic carbocycles. The molecule has 3 heteroatoms. The first-order valence-corrected chi connectivity index (χ1v) is 5.54. The summed E-state index contributed by atoms with van der Waals surface area (Å²) in [4.78, 5) is 4.20. The number of pyridine rings is 1. The number of nitrogen functional groups attached to an aromatic ring is 1. The molecule has 17 heavy (non-hydrogen) atoms.